The summed E-state index contributed by atoms with van der Waals surface area (Å²) < 4.78 is 0. The fraction of sp³-hybridized carbons (Fsp3) is 0.300. The van der Waals surface area contributed by atoms with Gasteiger partial charge in [0.15, 0.2) is 11.5 Å². The number of nitro benzene ring substituents is 1. The van der Waals surface area contributed by atoms with Gasteiger partial charge in [0, 0.05) is 11.6 Å². The molecule has 2 N–H and O–H groups in total. The molecule has 7 nitrogen and oxygen atoms in total. The summed E-state index contributed by atoms with van der Waals surface area (Å²) >= 11 is 0. The number of nitro groups is 1. The number of carbonyl (C=O) groups is 1. The van der Waals surface area contributed by atoms with E-state index in [4.69, 9.17) is 0 Å². The van der Waals surface area contributed by atoms with Gasteiger partial charge >= 0.3 is 5.69 Å². The minimum absolute atomic E-state index is 0. The molecule has 8 heteroatoms. The number of Topliss-reactive ketones (excluding diaryl/α,β-unsaturated/α-hetero) is 1. The van der Waals surface area contributed by atoms with Crippen LogP contribution in [0.2, 0.25) is 0 Å². The molecule has 1 aromatic carbocycles. The van der Waals surface area contributed by atoms with Crippen LogP contribution in [-0.4, -0.2) is 46.5 Å². The third-order valence-electron chi connectivity index (χ3n) is 2.05. The number of phenolic OH excluding ortho intramolecular Hbond substituents is 2. The number of hydrogen-bond donors (Lipinski definition) is 2. The van der Waals surface area contributed by atoms with Gasteiger partial charge in [-0.1, -0.05) is 0 Å². The van der Waals surface area contributed by atoms with E-state index in [9.17, 15) is 25.1 Å². The first-order valence-corrected chi connectivity index (χ1v) is 4.71. The molecule has 0 spiro atoms. The molecule has 100 valence electrons. The maximum absolute atomic E-state index is 11.6. The Morgan fingerprint density at radius 3 is 2.39 bits per heavy atom. The minimum atomic E-state index is -0.860. The molecule has 0 atom stereocenters. The Hall–Kier alpha value is -1.86. The highest BCUT2D eigenvalue weighted by Crippen LogP contribution is 2.36. The van der Waals surface area contributed by atoms with Crippen molar-refractivity contribution in [2.75, 3.05) is 20.6 Å². The van der Waals surface area contributed by atoms with Crippen molar-refractivity contribution in [3.63, 3.8) is 0 Å². The first-order valence-electron chi connectivity index (χ1n) is 4.71. The molecular formula is C10H13ClN2O5. The zero-order valence-electron chi connectivity index (χ0n) is 9.78. The predicted octanol–water partition coefficient (Wildman–Crippen LogP) is 1.17. The van der Waals surface area contributed by atoms with Gasteiger partial charge in [0.2, 0.25) is 5.75 Å². The van der Waals surface area contributed by atoms with Crippen LogP contribution in [0.3, 0.4) is 0 Å². The summed E-state index contributed by atoms with van der Waals surface area (Å²) in [5.74, 6) is -1.90. The quantitative estimate of drug-likeness (QED) is 0.370. The number of rotatable bonds is 4. The summed E-state index contributed by atoms with van der Waals surface area (Å²) in [6.07, 6.45) is 0. The van der Waals surface area contributed by atoms with Crippen molar-refractivity contribution in [2.24, 2.45) is 0 Å². The Morgan fingerprint density at radius 2 is 1.94 bits per heavy atom. The molecule has 0 aromatic heterocycles. The van der Waals surface area contributed by atoms with E-state index in [0.29, 0.717) is 0 Å². The molecule has 1 aromatic rings. The molecule has 0 heterocycles. The number of nitrogens with zero attached hydrogens (tertiary/aromatic N) is 2. The van der Waals surface area contributed by atoms with Gasteiger partial charge in [-0.25, -0.2) is 0 Å². The SMILES string of the molecule is CN(C)CC(=O)c1cc(O)c(O)c([N+](=O)[O-])c1.Cl. The molecule has 1 rings (SSSR count). The Labute approximate surface area is 109 Å². The number of ketones is 1. The van der Waals surface area contributed by atoms with E-state index in [0.717, 1.165) is 12.1 Å². The van der Waals surface area contributed by atoms with E-state index in [2.05, 4.69) is 0 Å². The number of benzene rings is 1. The highest BCUT2D eigenvalue weighted by molar-refractivity contribution is 5.99. The minimum Gasteiger partial charge on any atom is -0.504 e. The lowest BCUT2D eigenvalue weighted by molar-refractivity contribution is -0.386. The standard InChI is InChI=1S/C10H12N2O5.ClH/c1-11(2)5-9(14)6-3-7(12(16)17)10(15)8(13)4-6;/h3-4,13,15H,5H2,1-2H3;1H. The van der Waals surface area contributed by atoms with Crippen molar-refractivity contribution >= 4 is 23.9 Å². The first-order chi connectivity index (χ1) is 7.82. The molecule has 0 bridgehead atoms. The van der Waals surface area contributed by atoms with Gasteiger partial charge in [-0.15, -0.1) is 12.4 Å². The second kappa shape index (κ2) is 6.18. The van der Waals surface area contributed by atoms with Crippen LogP contribution >= 0.6 is 12.4 Å². The highest BCUT2D eigenvalue weighted by Gasteiger charge is 2.21. The summed E-state index contributed by atoms with van der Waals surface area (Å²) in [6, 6.07) is 1.95. The summed E-state index contributed by atoms with van der Waals surface area (Å²) in [5, 5.41) is 29.1. The van der Waals surface area contributed by atoms with Gasteiger partial charge < -0.3 is 15.1 Å². The molecule has 0 radical (unpaired) electrons. The van der Waals surface area contributed by atoms with Crippen LogP contribution in [0, 0.1) is 10.1 Å². The molecule has 0 fully saturated rings. The number of hydrogen-bond acceptors (Lipinski definition) is 6. The maximum atomic E-state index is 11.6. The number of likely N-dealkylation sites (N-methyl/N-ethyl adjacent to an activating group) is 1. The van der Waals surface area contributed by atoms with Crippen LogP contribution < -0.4 is 0 Å². The topological polar surface area (TPSA) is 104 Å². The van der Waals surface area contributed by atoms with Crippen LogP contribution in [0.25, 0.3) is 0 Å². The van der Waals surface area contributed by atoms with Crippen molar-refractivity contribution in [1.29, 1.82) is 0 Å². The number of phenols is 2. The Morgan fingerprint density at radius 1 is 1.39 bits per heavy atom. The molecule has 0 aliphatic heterocycles. The summed E-state index contributed by atoms with van der Waals surface area (Å²) in [4.78, 5) is 23.0. The third kappa shape index (κ3) is 3.57. The second-order valence-corrected chi connectivity index (χ2v) is 3.78. The lowest BCUT2D eigenvalue weighted by atomic mass is 10.1. The average molecular weight is 277 g/mol. The summed E-state index contributed by atoms with van der Waals surface area (Å²) in [5.41, 5.74) is -0.701. The first kappa shape index (κ1) is 16.1. The zero-order chi connectivity index (χ0) is 13.2. The van der Waals surface area contributed by atoms with Gasteiger partial charge in [-0.05, 0) is 20.2 Å². The van der Waals surface area contributed by atoms with E-state index in [1.165, 1.54) is 0 Å². The number of aromatic hydroxyl groups is 2. The van der Waals surface area contributed by atoms with Crippen LogP contribution in [-0.2, 0) is 0 Å². The van der Waals surface area contributed by atoms with Crippen LogP contribution in [0.5, 0.6) is 11.5 Å². The number of halogens is 1. The molecular weight excluding hydrogens is 264 g/mol. The Balaban J connectivity index is 0.00000289. The normalized spacial score (nSPS) is 9.94. The van der Waals surface area contributed by atoms with E-state index in [-0.39, 0.29) is 30.3 Å². The molecule has 0 saturated carbocycles. The summed E-state index contributed by atoms with van der Waals surface area (Å²) in [7, 11) is 3.35. The van der Waals surface area contributed by atoms with E-state index in [1.54, 1.807) is 19.0 Å². The van der Waals surface area contributed by atoms with Gasteiger partial charge in [-0.2, -0.15) is 0 Å². The van der Waals surface area contributed by atoms with E-state index in [1.807, 2.05) is 0 Å². The van der Waals surface area contributed by atoms with Gasteiger partial charge in [0.25, 0.3) is 0 Å². The molecule has 0 aliphatic carbocycles. The average Bonchev–Trinajstić information content (AvgIpc) is 2.20. The zero-order valence-corrected chi connectivity index (χ0v) is 10.6. The Kier molecular flexibility index (Phi) is 5.54. The monoisotopic (exact) mass is 276 g/mol. The molecule has 0 amide bonds. The van der Waals surface area contributed by atoms with Crippen molar-refractivity contribution in [2.45, 2.75) is 0 Å². The fourth-order valence-corrected chi connectivity index (χ4v) is 1.28. The van der Waals surface area contributed by atoms with Crippen molar-refractivity contribution < 1.29 is 19.9 Å². The van der Waals surface area contributed by atoms with Crippen LogP contribution in [0.1, 0.15) is 10.4 Å². The van der Waals surface area contributed by atoms with E-state index < -0.39 is 22.1 Å². The lowest BCUT2D eigenvalue weighted by Crippen LogP contribution is -2.21. The lowest BCUT2D eigenvalue weighted by Gasteiger charge is -2.09. The van der Waals surface area contributed by atoms with E-state index >= 15 is 0 Å². The third-order valence-corrected chi connectivity index (χ3v) is 2.05. The van der Waals surface area contributed by atoms with Crippen molar-refractivity contribution in [1.82, 2.24) is 4.90 Å². The smallest absolute Gasteiger partial charge is 0.315 e. The van der Waals surface area contributed by atoms with Gasteiger partial charge in [0.1, 0.15) is 0 Å². The Bertz CT molecular complexity index is 476. The predicted molar refractivity (Wildman–Crippen MR) is 66.6 cm³/mol. The van der Waals surface area contributed by atoms with Gasteiger partial charge in [0.05, 0.1) is 11.5 Å². The van der Waals surface area contributed by atoms with Crippen LogP contribution in [0.15, 0.2) is 12.1 Å². The fourth-order valence-electron chi connectivity index (χ4n) is 1.28. The highest BCUT2D eigenvalue weighted by atomic mass is 35.5. The van der Waals surface area contributed by atoms with Crippen molar-refractivity contribution in [3.05, 3.63) is 27.8 Å². The van der Waals surface area contributed by atoms with Crippen molar-refractivity contribution in [3.8, 4) is 11.5 Å². The summed E-state index contributed by atoms with van der Waals surface area (Å²) in [6.45, 7) is 0.0569. The second-order valence-electron chi connectivity index (χ2n) is 3.78. The molecule has 18 heavy (non-hydrogen) atoms. The molecule has 0 aliphatic rings. The number of carbonyl (C=O) groups excluding carboxylic acids is 1. The molecule has 0 unspecified atom stereocenters. The molecule has 0 saturated heterocycles. The largest absolute Gasteiger partial charge is 0.504 e. The van der Waals surface area contributed by atoms with Crippen LogP contribution in [0.4, 0.5) is 5.69 Å². The maximum Gasteiger partial charge on any atom is 0.315 e. The van der Waals surface area contributed by atoms with Gasteiger partial charge in [-0.3, -0.25) is 14.9 Å².